The van der Waals surface area contributed by atoms with Crippen LogP contribution in [0, 0.1) is 0 Å². The monoisotopic (exact) mass is 605 g/mol. The van der Waals surface area contributed by atoms with E-state index in [-0.39, 0.29) is 6.04 Å². The molecule has 0 radical (unpaired) electrons. The van der Waals surface area contributed by atoms with Crippen LogP contribution in [0.5, 0.6) is 0 Å². The molecule has 0 aromatic rings. The number of quaternary nitrogens is 1. The molecule has 41 heavy (non-hydrogen) atoms. The van der Waals surface area contributed by atoms with Crippen molar-refractivity contribution in [2.45, 2.75) is 129 Å². The predicted octanol–water partition coefficient (Wildman–Crippen LogP) is 5.01. The Bertz CT molecular complexity index is 627. The molecule has 0 bridgehead atoms. The summed E-state index contributed by atoms with van der Waals surface area (Å²) in [5.41, 5.74) is 0. The number of aliphatic carboxylic acids is 3. The third kappa shape index (κ3) is 23.7. The molecule has 0 rings (SSSR count). The lowest BCUT2D eigenvalue weighted by Crippen LogP contribution is -2.52. The normalized spacial score (nSPS) is 12.1. The molecule has 0 saturated carbocycles. The van der Waals surface area contributed by atoms with Crippen LogP contribution in [0.2, 0.25) is 6.04 Å². The van der Waals surface area contributed by atoms with Crippen LogP contribution in [0.4, 0.5) is 0 Å². The van der Waals surface area contributed by atoms with Crippen molar-refractivity contribution in [1.29, 1.82) is 0 Å². The van der Waals surface area contributed by atoms with Crippen molar-refractivity contribution < 1.29 is 47.5 Å². The highest BCUT2D eigenvalue weighted by Crippen LogP contribution is 2.22. The quantitative estimate of drug-likeness (QED) is 0.0633. The molecule has 0 aliphatic heterocycles. The van der Waals surface area contributed by atoms with Crippen molar-refractivity contribution in [3.05, 3.63) is 0 Å². The molecule has 0 aliphatic rings. The Kier molecular flexibility index (Phi) is 24.1. The molecule has 0 fully saturated rings. The number of carbonyl (C=O) groups excluding carboxylic acids is 1. The van der Waals surface area contributed by atoms with E-state index in [4.69, 9.17) is 23.5 Å². The van der Waals surface area contributed by atoms with Crippen LogP contribution < -0.4 is 5.11 Å². The number of carboxylic acid groups (broad SMARTS) is 3. The van der Waals surface area contributed by atoms with Gasteiger partial charge in [0, 0.05) is 12.5 Å². The van der Waals surface area contributed by atoms with Gasteiger partial charge in [-0.2, -0.15) is 0 Å². The SMILES string of the molecule is CCCCCCCCCC[N+](C)(CCCCCCCCCC)CCC[Si](OCC(=O)[O-])(OCC(=O)O)OCC(=O)O. The number of carbonyl (C=O) groups is 3. The zero-order valence-corrected chi connectivity index (χ0v) is 27.2. The minimum atomic E-state index is -3.90. The minimum absolute atomic E-state index is 0.129. The Morgan fingerprint density at radius 3 is 1.29 bits per heavy atom. The van der Waals surface area contributed by atoms with Crippen LogP contribution in [0.25, 0.3) is 0 Å². The van der Waals surface area contributed by atoms with Crippen LogP contribution >= 0.6 is 0 Å². The van der Waals surface area contributed by atoms with E-state index < -0.39 is 46.5 Å². The van der Waals surface area contributed by atoms with Crippen LogP contribution in [0.15, 0.2) is 0 Å². The average Bonchev–Trinajstić information content (AvgIpc) is 2.92. The van der Waals surface area contributed by atoms with Crippen LogP contribution in [0.3, 0.4) is 0 Å². The van der Waals surface area contributed by atoms with Gasteiger partial charge in [0.15, 0.2) is 0 Å². The molecule has 0 spiro atoms. The van der Waals surface area contributed by atoms with Crippen LogP contribution in [-0.2, 0) is 27.7 Å². The average molecular weight is 606 g/mol. The van der Waals surface area contributed by atoms with E-state index in [1.54, 1.807) is 0 Å². The summed E-state index contributed by atoms with van der Waals surface area (Å²) in [6.07, 6.45) is 20.5. The van der Waals surface area contributed by atoms with Gasteiger partial charge in [-0.1, -0.05) is 90.9 Å². The van der Waals surface area contributed by atoms with E-state index in [0.717, 1.165) is 37.0 Å². The van der Waals surface area contributed by atoms with Crippen molar-refractivity contribution in [2.24, 2.45) is 0 Å². The summed E-state index contributed by atoms with van der Waals surface area (Å²) in [6, 6.07) is 0.129. The first kappa shape index (κ1) is 39.5. The van der Waals surface area contributed by atoms with E-state index in [1.165, 1.54) is 89.9 Å². The standard InChI is InChI=1S/C30H59NO9Si/c1-4-6-8-10-12-14-16-18-21-31(3,22-19-17-15-13-11-9-7-5-2)23-20-24-41(38-25-28(32)33,39-26-29(34)35)40-27-30(36)37/h4-27H2,1-3H3,(H2-,32,33,34,35,36,37). The predicted molar refractivity (Wildman–Crippen MR) is 159 cm³/mol. The second-order valence-electron chi connectivity index (χ2n) is 11.6. The van der Waals surface area contributed by atoms with Crippen molar-refractivity contribution in [3.8, 4) is 0 Å². The lowest BCUT2D eigenvalue weighted by Gasteiger charge is -2.36. The highest BCUT2D eigenvalue weighted by molar-refractivity contribution is 6.61. The van der Waals surface area contributed by atoms with Gasteiger partial charge in [0.1, 0.15) is 13.2 Å². The summed E-state index contributed by atoms with van der Waals surface area (Å²) in [7, 11) is -1.66. The Labute approximate surface area is 249 Å². The summed E-state index contributed by atoms with van der Waals surface area (Å²) in [5.74, 6) is -4.06. The highest BCUT2D eigenvalue weighted by atomic mass is 28.4. The molecule has 11 heteroatoms. The van der Waals surface area contributed by atoms with Gasteiger partial charge in [-0.15, -0.1) is 0 Å². The zero-order chi connectivity index (χ0) is 30.8. The molecule has 0 atom stereocenters. The maximum absolute atomic E-state index is 11.2. The second kappa shape index (κ2) is 25.0. The van der Waals surface area contributed by atoms with Gasteiger partial charge in [-0.25, -0.2) is 9.59 Å². The van der Waals surface area contributed by atoms with E-state index >= 15 is 0 Å². The van der Waals surface area contributed by atoms with Crippen molar-refractivity contribution in [1.82, 2.24) is 0 Å². The Morgan fingerprint density at radius 2 is 0.927 bits per heavy atom. The highest BCUT2D eigenvalue weighted by Gasteiger charge is 2.43. The summed E-state index contributed by atoms with van der Waals surface area (Å²) in [6.45, 7) is 4.87. The maximum Gasteiger partial charge on any atom is 0.502 e. The fourth-order valence-electron chi connectivity index (χ4n) is 5.12. The topological polar surface area (TPSA) is 142 Å². The number of hydrogen-bond acceptors (Lipinski definition) is 7. The van der Waals surface area contributed by atoms with Crippen molar-refractivity contribution in [2.75, 3.05) is 46.5 Å². The Hall–Kier alpha value is -1.53. The molecular weight excluding hydrogens is 546 g/mol. The van der Waals surface area contributed by atoms with Crippen molar-refractivity contribution in [3.63, 3.8) is 0 Å². The molecular formula is C30H59NO9Si. The number of rotatable bonds is 31. The first-order valence-electron chi connectivity index (χ1n) is 16.0. The number of hydrogen-bond donors (Lipinski definition) is 2. The molecule has 0 aromatic heterocycles. The van der Waals surface area contributed by atoms with Gasteiger partial charge in [-0.05, 0) is 25.7 Å². The number of unbranched alkanes of at least 4 members (excludes halogenated alkanes) is 14. The van der Waals surface area contributed by atoms with E-state index in [0.29, 0.717) is 6.42 Å². The van der Waals surface area contributed by atoms with Crippen LogP contribution in [-0.4, -0.2) is 87.9 Å². The van der Waals surface area contributed by atoms with Gasteiger partial charge in [-0.3, -0.25) is 0 Å². The minimum Gasteiger partial charge on any atom is -0.548 e. The van der Waals surface area contributed by atoms with Gasteiger partial charge >= 0.3 is 20.7 Å². The molecule has 2 N–H and O–H groups in total. The van der Waals surface area contributed by atoms with E-state index in [2.05, 4.69) is 20.9 Å². The van der Waals surface area contributed by atoms with E-state index in [1.807, 2.05) is 0 Å². The molecule has 0 saturated heterocycles. The van der Waals surface area contributed by atoms with Crippen molar-refractivity contribution >= 4 is 26.7 Å². The first-order chi connectivity index (χ1) is 19.6. The summed E-state index contributed by atoms with van der Waals surface area (Å²) in [5, 5.41) is 29.3. The first-order valence-corrected chi connectivity index (χ1v) is 17.9. The largest absolute Gasteiger partial charge is 0.548 e. The summed E-state index contributed by atoms with van der Waals surface area (Å²) in [4.78, 5) is 33.5. The Morgan fingerprint density at radius 1 is 0.585 bits per heavy atom. The van der Waals surface area contributed by atoms with Gasteiger partial charge < -0.3 is 37.9 Å². The lowest BCUT2D eigenvalue weighted by atomic mass is 10.1. The second-order valence-corrected chi connectivity index (χ2v) is 14.3. The molecule has 0 amide bonds. The zero-order valence-electron chi connectivity index (χ0n) is 26.2. The molecule has 0 aliphatic carbocycles. The molecule has 0 aromatic carbocycles. The number of carboxylic acids is 3. The summed E-state index contributed by atoms with van der Waals surface area (Å²) < 4.78 is 17.1. The molecule has 0 unspecified atom stereocenters. The maximum atomic E-state index is 11.2. The molecule has 10 nitrogen and oxygen atoms in total. The van der Waals surface area contributed by atoms with Gasteiger partial charge in [0.05, 0.1) is 39.3 Å². The molecule has 242 valence electrons. The van der Waals surface area contributed by atoms with E-state index in [9.17, 15) is 19.5 Å². The molecule has 0 heterocycles. The summed E-state index contributed by atoms with van der Waals surface area (Å²) >= 11 is 0. The van der Waals surface area contributed by atoms with Gasteiger partial charge in [0.25, 0.3) is 0 Å². The fraction of sp³-hybridized carbons (Fsp3) is 0.900. The van der Waals surface area contributed by atoms with Gasteiger partial charge in [0.2, 0.25) is 0 Å². The smallest absolute Gasteiger partial charge is 0.502 e. The number of nitrogens with zero attached hydrogens (tertiary/aromatic N) is 1. The van der Waals surface area contributed by atoms with Crippen LogP contribution in [0.1, 0.15) is 123 Å². The Balaban J connectivity index is 5.16. The third-order valence-electron chi connectivity index (χ3n) is 7.52. The lowest BCUT2D eigenvalue weighted by molar-refractivity contribution is -0.910. The third-order valence-corrected chi connectivity index (χ3v) is 10.2. The fourth-order valence-corrected chi connectivity index (χ4v) is 7.42.